The van der Waals surface area contributed by atoms with Crippen LogP contribution in [0.4, 0.5) is 17.5 Å². The molecule has 5 N–H and O–H groups in total. The fourth-order valence-electron chi connectivity index (χ4n) is 2.98. The van der Waals surface area contributed by atoms with E-state index < -0.39 is 0 Å². The van der Waals surface area contributed by atoms with Gasteiger partial charge in [-0.2, -0.15) is 4.98 Å². The Balaban J connectivity index is 1.47. The predicted molar refractivity (Wildman–Crippen MR) is 119 cm³/mol. The standard InChI is InChI=1S/C23H22N6O/c24-12-10-18-14-20(11-13-26-18)30-19-8-6-17(7-9-19)27-22-15-21(28-23(25)29-22)16-4-2-1-3-5-16/h1-9,11,13-15H,10,12,24H2,(H3,25,27,28,29). The highest BCUT2D eigenvalue weighted by Gasteiger charge is 2.06. The van der Waals surface area contributed by atoms with Gasteiger partial charge in [0, 0.05) is 41.7 Å². The summed E-state index contributed by atoms with van der Waals surface area (Å²) in [7, 11) is 0. The van der Waals surface area contributed by atoms with Gasteiger partial charge in [0.1, 0.15) is 17.3 Å². The molecule has 0 aliphatic carbocycles. The lowest BCUT2D eigenvalue weighted by Gasteiger charge is -2.10. The molecular formula is C23H22N6O. The van der Waals surface area contributed by atoms with Gasteiger partial charge in [0.05, 0.1) is 5.69 Å². The lowest BCUT2D eigenvalue weighted by Crippen LogP contribution is -2.04. The highest BCUT2D eigenvalue weighted by molar-refractivity contribution is 5.67. The number of pyridine rings is 1. The summed E-state index contributed by atoms with van der Waals surface area (Å²) >= 11 is 0. The van der Waals surface area contributed by atoms with E-state index in [1.54, 1.807) is 6.20 Å². The van der Waals surface area contributed by atoms with Crippen LogP contribution in [0.5, 0.6) is 11.5 Å². The van der Waals surface area contributed by atoms with Crippen LogP contribution in [-0.4, -0.2) is 21.5 Å². The van der Waals surface area contributed by atoms with E-state index in [1.807, 2.05) is 72.8 Å². The number of aromatic nitrogens is 3. The highest BCUT2D eigenvalue weighted by atomic mass is 16.5. The quantitative estimate of drug-likeness (QED) is 0.428. The molecule has 7 nitrogen and oxygen atoms in total. The molecule has 0 amide bonds. The molecule has 150 valence electrons. The van der Waals surface area contributed by atoms with Gasteiger partial charge in [-0.05, 0) is 36.9 Å². The van der Waals surface area contributed by atoms with Crippen LogP contribution in [0, 0.1) is 0 Å². The van der Waals surface area contributed by atoms with Crippen molar-refractivity contribution < 1.29 is 4.74 Å². The molecule has 30 heavy (non-hydrogen) atoms. The van der Waals surface area contributed by atoms with Crippen molar-refractivity contribution in [1.29, 1.82) is 0 Å². The first-order chi connectivity index (χ1) is 14.7. The largest absolute Gasteiger partial charge is 0.457 e. The first-order valence-electron chi connectivity index (χ1n) is 9.59. The summed E-state index contributed by atoms with van der Waals surface area (Å²) in [4.78, 5) is 12.9. The van der Waals surface area contributed by atoms with E-state index in [1.165, 1.54) is 0 Å². The third-order valence-corrected chi connectivity index (χ3v) is 4.36. The molecule has 0 bridgehead atoms. The van der Waals surface area contributed by atoms with Gasteiger partial charge in [-0.25, -0.2) is 4.98 Å². The monoisotopic (exact) mass is 398 g/mol. The van der Waals surface area contributed by atoms with E-state index in [2.05, 4.69) is 20.3 Å². The molecule has 0 fully saturated rings. The van der Waals surface area contributed by atoms with Gasteiger partial charge < -0.3 is 21.5 Å². The van der Waals surface area contributed by atoms with Crippen LogP contribution in [0.1, 0.15) is 5.69 Å². The Morgan fingerprint density at radius 1 is 0.867 bits per heavy atom. The minimum atomic E-state index is 0.213. The molecule has 0 aliphatic heterocycles. The van der Waals surface area contributed by atoms with Gasteiger partial charge in [0.2, 0.25) is 5.95 Å². The van der Waals surface area contributed by atoms with E-state index in [0.29, 0.717) is 18.8 Å². The van der Waals surface area contributed by atoms with E-state index in [9.17, 15) is 0 Å². The van der Waals surface area contributed by atoms with Gasteiger partial charge in [0.25, 0.3) is 0 Å². The molecule has 2 aromatic heterocycles. The topological polar surface area (TPSA) is 112 Å². The first kappa shape index (κ1) is 19.4. The fourth-order valence-corrected chi connectivity index (χ4v) is 2.98. The van der Waals surface area contributed by atoms with Crippen LogP contribution in [-0.2, 0) is 6.42 Å². The minimum absolute atomic E-state index is 0.213. The van der Waals surface area contributed by atoms with Crippen LogP contribution in [0.3, 0.4) is 0 Å². The number of nitrogens with two attached hydrogens (primary N) is 2. The molecule has 2 aromatic carbocycles. The Morgan fingerprint density at radius 2 is 1.67 bits per heavy atom. The molecular weight excluding hydrogens is 376 g/mol. The number of nitrogen functional groups attached to an aromatic ring is 1. The van der Waals surface area contributed by atoms with Crippen molar-refractivity contribution in [2.24, 2.45) is 5.73 Å². The Morgan fingerprint density at radius 3 is 2.43 bits per heavy atom. The van der Waals surface area contributed by atoms with Crippen molar-refractivity contribution in [3.63, 3.8) is 0 Å². The smallest absolute Gasteiger partial charge is 0.222 e. The minimum Gasteiger partial charge on any atom is -0.457 e. The molecule has 0 unspecified atom stereocenters. The summed E-state index contributed by atoms with van der Waals surface area (Å²) in [6, 6.07) is 23.0. The van der Waals surface area contributed by atoms with Gasteiger partial charge in [-0.1, -0.05) is 30.3 Å². The summed E-state index contributed by atoms with van der Waals surface area (Å²) < 4.78 is 5.91. The average Bonchev–Trinajstić information content (AvgIpc) is 2.76. The molecule has 0 aliphatic rings. The van der Waals surface area contributed by atoms with Crippen LogP contribution >= 0.6 is 0 Å². The summed E-state index contributed by atoms with van der Waals surface area (Å²) in [6.07, 6.45) is 2.44. The molecule has 4 rings (SSSR count). The first-order valence-corrected chi connectivity index (χ1v) is 9.59. The van der Waals surface area contributed by atoms with Crippen molar-refractivity contribution in [3.8, 4) is 22.8 Å². The average molecular weight is 398 g/mol. The lowest BCUT2D eigenvalue weighted by atomic mass is 10.1. The summed E-state index contributed by atoms with van der Waals surface area (Å²) in [5.74, 6) is 2.28. The normalized spacial score (nSPS) is 10.6. The second-order valence-corrected chi connectivity index (χ2v) is 6.64. The maximum absolute atomic E-state index is 5.91. The number of rotatable bonds is 7. The predicted octanol–water partition coefficient (Wildman–Crippen LogP) is 4.16. The fraction of sp³-hybridized carbons (Fsp3) is 0.0870. The zero-order valence-corrected chi connectivity index (χ0v) is 16.3. The van der Waals surface area contributed by atoms with Crippen LogP contribution in [0.25, 0.3) is 11.3 Å². The number of ether oxygens (including phenoxy) is 1. The van der Waals surface area contributed by atoms with Crippen molar-refractivity contribution in [3.05, 3.63) is 84.7 Å². The molecule has 2 heterocycles. The second kappa shape index (κ2) is 9.02. The van der Waals surface area contributed by atoms with Gasteiger partial charge in [-0.15, -0.1) is 0 Å². The Kier molecular flexibility index (Phi) is 5.82. The van der Waals surface area contributed by atoms with E-state index >= 15 is 0 Å². The van der Waals surface area contributed by atoms with Crippen molar-refractivity contribution >= 4 is 17.5 Å². The summed E-state index contributed by atoms with van der Waals surface area (Å²) in [5.41, 5.74) is 15.0. The number of nitrogens with zero attached hydrogens (tertiary/aromatic N) is 3. The van der Waals surface area contributed by atoms with E-state index in [0.717, 1.165) is 34.1 Å². The Hall–Kier alpha value is -3.97. The van der Waals surface area contributed by atoms with Crippen LogP contribution < -0.4 is 21.5 Å². The zero-order chi connectivity index (χ0) is 20.8. The van der Waals surface area contributed by atoms with Gasteiger partial charge in [0.15, 0.2) is 0 Å². The molecule has 0 radical (unpaired) electrons. The number of nitrogens with one attached hydrogen (secondary N) is 1. The second-order valence-electron chi connectivity index (χ2n) is 6.64. The third kappa shape index (κ3) is 4.89. The highest BCUT2D eigenvalue weighted by Crippen LogP contribution is 2.26. The molecule has 4 aromatic rings. The Bertz CT molecular complexity index is 1120. The molecule has 0 spiro atoms. The summed E-state index contributed by atoms with van der Waals surface area (Å²) in [6.45, 7) is 0.552. The van der Waals surface area contributed by atoms with Gasteiger partial charge >= 0.3 is 0 Å². The number of hydrogen-bond donors (Lipinski definition) is 3. The SMILES string of the molecule is NCCc1cc(Oc2ccc(Nc3cc(-c4ccccc4)nc(N)n3)cc2)ccn1. The molecule has 7 heteroatoms. The zero-order valence-electron chi connectivity index (χ0n) is 16.3. The summed E-state index contributed by atoms with van der Waals surface area (Å²) in [5, 5.41) is 3.26. The van der Waals surface area contributed by atoms with Gasteiger partial charge in [-0.3, -0.25) is 4.98 Å². The van der Waals surface area contributed by atoms with E-state index in [-0.39, 0.29) is 5.95 Å². The van der Waals surface area contributed by atoms with Crippen LogP contribution in [0.15, 0.2) is 79.0 Å². The van der Waals surface area contributed by atoms with E-state index in [4.69, 9.17) is 16.2 Å². The van der Waals surface area contributed by atoms with Crippen molar-refractivity contribution in [2.75, 3.05) is 17.6 Å². The maximum atomic E-state index is 5.91. The lowest BCUT2D eigenvalue weighted by molar-refractivity contribution is 0.481. The maximum Gasteiger partial charge on any atom is 0.222 e. The van der Waals surface area contributed by atoms with Crippen LogP contribution in [0.2, 0.25) is 0 Å². The number of hydrogen-bond acceptors (Lipinski definition) is 7. The van der Waals surface area contributed by atoms with Crippen molar-refractivity contribution in [1.82, 2.24) is 15.0 Å². The number of anilines is 3. The molecule has 0 atom stereocenters. The Labute approximate surface area is 174 Å². The number of benzene rings is 2. The third-order valence-electron chi connectivity index (χ3n) is 4.36. The van der Waals surface area contributed by atoms with Crippen molar-refractivity contribution in [2.45, 2.75) is 6.42 Å². The molecule has 0 saturated heterocycles. The molecule has 0 saturated carbocycles.